The lowest BCUT2D eigenvalue weighted by Gasteiger charge is -2.39. The van der Waals surface area contributed by atoms with Crippen LogP contribution in [0.25, 0.3) is 0 Å². The highest BCUT2D eigenvalue weighted by atomic mass is 127. The number of halogens is 1. The maximum atomic E-state index is 5.50. The van der Waals surface area contributed by atoms with Gasteiger partial charge < -0.3 is 24.3 Å². The van der Waals surface area contributed by atoms with Crippen LogP contribution >= 0.6 is 24.0 Å². The maximum Gasteiger partial charge on any atom is 0.193 e. The second-order valence-electron chi connectivity index (χ2n) is 6.84. The number of likely N-dealkylation sites (tertiary alicyclic amines) is 1. The Bertz CT molecular complexity index is 512. The third kappa shape index (κ3) is 8.35. The Balaban J connectivity index is 0.00000364. The lowest BCUT2D eigenvalue weighted by molar-refractivity contribution is 0.0690. The summed E-state index contributed by atoms with van der Waals surface area (Å²) in [5, 5.41) is 3.46. The minimum Gasteiger partial charge on any atom is -0.382 e. The van der Waals surface area contributed by atoms with Crippen molar-refractivity contribution in [2.45, 2.75) is 39.2 Å². The fraction of sp³-hybridized carbons (Fsp3) is 0.789. The van der Waals surface area contributed by atoms with E-state index < -0.39 is 0 Å². The van der Waals surface area contributed by atoms with Crippen LogP contribution in [0.5, 0.6) is 0 Å². The molecular formula is C19H36IN5O2. The molecule has 0 radical (unpaired) electrons. The van der Waals surface area contributed by atoms with Crippen molar-refractivity contribution in [3.05, 3.63) is 18.7 Å². The van der Waals surface area contributed by atoms with Crippen molar-refractivity contribution in [2.75, 3.05) is 53.1 Å². The van der Waals surface area contributed by atoms with E-state index in [1.165, 1.54) is 6.42 Å². The first-order chi connectivity index (χ1) is 12.8. The molecule has 2 rings (SSSR count). The first kappa shape index (κ1) is 24.2. The second kappa shape index (κ2) is 14.2. The molecule has 0 aliphatic carbocycles. The van der Waals surface area contributed by atoms with Gasteiger partial charge in [-0.25, -0.2) is 4.98 Å². The number of ether oxygens (including phenoxy) is 2. The van der Waals surface area contributed by atoms with E-state index in [-0.39, 0.29) is 24.0 Å². The highest BCUT2D eigenvalue weighted by Crippen LogP contribution is 2.27. The molecule has 8 heteroatoms. The van der Waals surface area contributed by atoms with Crippen molar-refractivity contribution in [2.24, 2.45) is 10.9 Å². The van der Waals surface area contributed by atoms with E-state index in [2.05, 4.69) is 39.8 Å². The average Bonchev–Trinajstić information content (AvgIpc) is 3.18. The van der Waals surface area contributed by atoms with Gasteiger partial charge in [0.2, 0.25) is 0 Å². The molecule has 0 bridgehead atoms. The molecule has 0 aromatic carbocycles. The zero-order valence-electron chi connectivity index (χ0n) is 17.0. The molecule has 7 nitrogen and oxygen atoms in total. The number of hydrogen-bond donors (Lipinski definition) is 1. The molecule has 1 saturated heterocycles. The maximum absolute atomic E-state index is 5.50. The van der Waals surface area contributed by atoms with Crippen LogP contribution in [-0.2, 0) is 9.47 Å². The molecule has 0 saturated carbocycles. The number of aromatic nitrogens is 2. The van der Waals surface area contributed by atoms with Crippen molar-refractivity contribution in [1.29, 1.82) is 0 Å². The lowest BCUT2D eigenvalue weighted by Crippen LogP contribution is -2.49. The van der Waals surface area contributed by atoms with Crippen LogP contribution in [0.2, 0.25) is 0 Å². The van der Waals surface area contributed by atoms with E-state index in [0.717, 1.165) is 51.6 Å². The Morgan fingerprint density at radius 1 is 1.30 bits per heavy atom. The van der Waals surface area contributed by atoms with E-state index in [1.54, 1.807) is 7.11 Å². The SMILES string of the molecule is CCNC(=NCCCCOCCOC)N1CCC(C)C(n2ccnc2)C1.I. The minimum absolute atomic E-state index is 0. The number of nitrogens with zero attached hydrogens (tertiary/aromatic N) is 4. The Labute approximate surface area is 180 Å². The molecule has 156 valence electrons. The van der Waals surface area contributed by atoms with Crippen LogP contribution in [0.15, 0.2) is 23.7 Å². The number of methoxy groups -OCH3 is 1. The Kier molecular flexibility index (Phi) is 12.7. The van der Waals surface area contributed by atoms with Crippen molar-refractivity contribution >= 4 is 29.9 Å². The van der Waals surface area contributed by atoms with E-state index in [1.807, 2.05) is 12.5 Å². The fourth-order valence-corrected chi connectivity index (χ4v) is 3.27. The summed E-state index contributed by atoms with van der Waals surface area (Å²) in [6, 6.07) is 0.448. The number of imidazole rings is 1. The smallest absolute Gasteiger partial charge is 0.193 e. The molecule has 2 atom stereocenters. The largest absolute Gasteiger partial charge is 0.382 e. The molecule has 2 heterocycles. The summed E-state index contributed by atoms with van der Waals surface area (Å²) in [6.07, 6.45) is 9.09. The van der Waals surface area contributed by atoms with Gasteiger partial charge in [0.1, 0.15) is 0 Å². The van der Waals surface area contributed by atoms with Gasteiger partial charge in [0.25, 0.3) is 0 Å². The van der Waals surface area contributed by atoms with Gasteiger partial charge in [-0.2, -0.15) is 0 Å². The molecule has 1 N–H and O–H groups in total. The standard InChI is InChI=1S/C19H35N5O2.HI/c1-4-21-19(22-8-5-6-12-26-14-13-25-3)23-10-7-17(2)18(15-23)24-11-9-20-16-24;/h9,11,16-18H,4-8,10,12-15H2,1-3H3,(H,21,22);1H. The van der Waals surface area contributed by atoms with Crippen LogP contribution in [0.4, 0.5) is 0 Å². The van der Waals surface area contributed by atoms with Crippen molar-refractivity contribution < 1.29 is 9.47 Å². The van der Waals surface area contributed by atoms with Crippen LogP contribution in [-0.4, -0.2) is 73.5 Å². The predicted molar refractivity (Wildman–Crippen MR) is 120 cm³/mol. The molecule has 1 aliphatic rings. The molecule has 0 spiro atoms. The zero-order chi connectivity index (χ0) is 18.6. The number of unbranched alkanes of at least 4 members (excludes halogenated alkanes) is 1. The number of guanidine groups is 1. The van der Waals surface area contributed by atoms with Gasteiger partial charge in [-0.3, -0.25) is 4.99 Å². The van der Waals surface area contributed by atoms with Gasteiger partial charge >= 0.3 is 0 Å². The van der Waals surface area contributed by atoms with Gasteiger partial charge in [0.15, 0.2) is 5.96 Å². The third-order valence-electron chi connectivity index (χ3n) is 4.85. The summed E-state index contributed by atoms with van der Waals surface area (Å²) in [5.41, 5.74) is 0. The van der Waals surface area contributed by atoms with Gasteiger partial charge in [0.05, 0.1) is 25.6 Å². The zero-order valence-corrected chi connectivity index (χ0v) is 19.3. The molecule has 2 unspecified atom stereocenters. The predicted octanol–water partition coefficient (Wildman–Crippen LogP) is 2.79. The van der Waals surface area contributed by atoms with Crippen molar-refractivity contribution in [1.82, 2.24) is 19.8 Å². The average molecular weight is 493 g/mol. The van der Waals surface area contributed by atoms with Crippen LogP contribution in [0, 0.1) is 5.92 Å². The van der Waals surface area contributed by atoms with Crippen molar-refractivity contribution in [3.63, 3.8) is 0 Å². The number of piperidine rings is 1. The first-order valence-corrected chi connectivity index (χ1v) is 9.83. The van der Waals surface area contributed by atoms with Gasteiger partial charge in [0, 0.05) is 52.3 Å². The third-order valence-corrected chi connectivity index (χ3v) is 4.85. The minimum atomic E-state index is 0. The molecule has 1 aromatic rings. The number of rotatable bonds is 10. The number of nitrogens with one attached hydrogen (secondary N) is 1. The second-order valence-corrected chi connectivity index (χ2v) is 6.84. The molecule has 1 fully saturated rings. The van der Waals surface area contributed by atoms with Crippen molar-refractivity contribution in [3.8, 4) is 0 Å². The fourth-order valence-electron chi connectivity index (χ4n) is 3.27. The summed E-state index contributed by atoms with van der Waals surface area (Å²) in [7, 11) is 1.69. The number of aliphatic imine (C=N–C) groups is 1. The molecule has 1 aromatic heterocycles. The Morgan fingerprint density at radius 2 is 2.15 bits per heavy atom. The molecular weight excluding hydrogens is 457 g/mol. The summed E-state index contributed by atoms with van der Waals surface area (Å²) < 4.78 is 12.7. The van der Waals surface area contributed by atoms with Crippen LogP contribution in [0.3, 0.4) is 0 Å². The lowest BCUT2D eigenvalue weighted by atomic mass is 9.93. The van der Waals surface area contributed by atoms with E-state index in [9.17, 15) is 0 Å². The number of hydrogen-bond acceptors (Lipinski definition) is 4. The molecule has 27 heavy (non-hydrogen) atoms. The normalized spacial score (nSPS) is 20.4. The monoisotopic (exact) mass is 493 g/mol. The van der Waals surface area contributed by atoms with Gasteiger partial charge in [-0.15, -0.1) is 24.0 Å². The van der Waals surface area contributed by atoms with Crippen LogP contribution in [0.1, 0.15) is 39.2 Å². The van der Waals surface area contributed by atoms with E-state index in [4.69, 9.17) is 14.5 Å². The quantitative estimate of drug-likeness (QED) is 0.235. The van der Waals surface area contributed by atoms with E-state index >= 15 is 0 Å². The van der Waals surface area contributed by atoms with Gasteiger partial charge in [-0.1, -0.05) is 6.92 Å². The Hall–Kier alpha value is -0.870. The highest BCUT2D eigenvalue weighted by Gasteiger charge is 2.28. The van der Waals surface area contributed by atoms with E-state index in [0.29, 0.717) is 25.2 Å². The topological polar surface area (TPSA) is 63.9 Å². The molecule has 1 aliphatic heterocycles. The van der Waals surface area contributed by atoms with Crippen LogP contribution < -0.4 is 5.32 Å². The highest BCUT2D eigenvalue weighted by molar-refractivity contribution is 14.0. The summed E-state index contributed by atoms with van der Waals surface area (Å²) in [5.74, 6) is 1.68. The summed E-state index contributed by atoms with van der Waals surface area (Å²) in [4.78, 5) is 11.4. The Morgan fingerprint density at radius 3 is 2.85 bits per heavy atom. The summed E-state index contributed by atoms with van der Waals surface area (Å²) >= 11 is 0. The summed E-state index contributed by atoms with van der Waals surface area (Å²) in [6.45, 7) is 10.3. The van der Waals surface area contributed by atoms with Gasteiger partial charge in [-0.05, 0) is 32.1 Å². The first-order valence-electron chi connectivity index (χ1n) is 9.83. The molecule has 0 amide bonds.